The molecule has 0 spiro atoms. The number of anilines is 1. The van der Waals surface area contributed by atoms with Gasteiger partial charge in [0.15, 0.2) is 0 Å². The first kappa shape index (κ1) is 11.9. The molecule has 5 heteroatoms. The summed E-state index contributed by atoms with van der Waals surface area (Å²) in [5.74, 6) is 0.870. The van der Waals surface area contributed by atoms with Gasteiger partial charge in [-0.2, -0.15) is 5.26 Å². The lowest BCUT2D eigenvalue weighted by molar-refractivity contribution is 0.405. The summed E-state index contributed by atoms with van der Waals surface area (Å²) in [6.07, 6.45) is 3.60. The predicted octanol–water partition coefficient (Wildman–Crippen LogP) is 2.36. The van der Waals surface area contributed by atoms with Crippen LogP contribution in [0.4, 0.5) is 5.82 Å². The Morgan fingerprint density at radius 3 is 2.86 bits per heavy atom. The van der Waals surface area contributed by atoms with Crippen LogP contribution in [0.1, 0.15) is 11.6 Å². The molecule has 1 aliphatic heterocycles. The van der Waals surface area contributed by atoms with E-state index in [9.17, 15) is 0 Å². The molecule has 1 aromatic carbocycles. The summed E-state index contributed by atoms with van der Waals surface area (Å²) in [5.41, 5.74) is 2.85. The van der Waals surface area contributed by atoms with Crippen molar-refractivity contribution < 1.29 is 0 Å². The van der Waals surface area contributed by atoms with Crippen LogP contribution in [0.3, 0.4) is 0 Å². The zero-order chi connectivity index (χ0) is 14.2. The minimum atomic E-state index is 0.407. The van der Waals surface area contributed by atoms with Crippen molar-refractivity contribution in [1.29, 1.82) is 5.26 Å². The third-order valence-corrected chi connectivity index (χ3v) is 3.94. The Labute approximate surface area is 122 Å². The summed E-state index contributed by atoms with van der Waals surface area (Å²) < 4.78 is 2.22. The molecule has 4 rings (SSSR count). The summed E-state index contributed by atoms with van der Waals surface area (Å²) >= 11 is 0. The highest BCUT2D eigenvalue weighted by Gasteiger charge is 2.30. The Morgan fingerprint density at radius 2 is 2.00 bits per heavy atom. The SMILES string of the molecule is N#Cc1ccnc(N2CC(n3cnc4ccccc43)C2)c1. The van der Waals surface area contributed by atoms with E-state index >= 15 is 0 Å². The van der Waals surface area contributed by atoms with E-state index in [1.54, 1.807) is 12.3 Å². The van der Waals surface area contributed by atoms with Gasteiger partial charge in [-0.1, -0.05) is 12.1 Å². The Kier molecular flexibility index (Phi) is 2.61. The van der Waals surface area contributed by atoms with Crippen LogP contribution in [0.2, 0.25) is 0 Å². The van der Waals surface area contributed by atoms with Gasteiger partial charge < -0.3 is 9.47 Å². The standard InChI is InChI=1S/C16H13N5/c17-8-12-5-6-18-16(7-12)20-9-13(10-20)21-11-19-14-3-1-2-4-15(14)21/h1-7,11,13H,9-10H2. The maximum Gasteiger partial charge on any atom is 0.129 e. The molecule has 0 radical (unpaired) electrons. The van der Waals surface area contributed by atoms with Crippen LogP contribution >= 0.6 is 0 Å². The quantitative estimate of drug-likeness (QED) is 0.720. The molecule has 0 N–H and O–H groups in total. The number of pyridine rings is 1. The van der Waals surface area contributed by atoms with Gasteiger partial charge in [0.2, 0.25) is 0 Å². The monoisotopic (exact) mass is 275 g/mol. The number of fused-ring (bicyclic) bond motifs is 1. The average Bonchev–Trinajstić information content (AvgIpc) is 2.90. The van der Waals surface area contributed by atoms with Crippen molar-refractivity contribution in [3.63, 3.8) is 0 Å². The number of benzene rings is 1. The van der Waals surface area contributed by atoms with Crippen LogP contribution in [0, 0.1) is 11.3 Å². The number of hydrogen-bond donors (Lipinski definition) is 0. The van der Waals surface area contributed by atoms with Gasteiger partial charge in [0.25, 0.3) is 0 Å². The fourth-order valence-electron chi connectivity index (χ4n) is 2.75. The Bertz CT molecular complexity index is 839. The van der Waals surface area contributed by atoms with Gasteiger partial charge in [0.05, 0.1) is 35.0 Å². The molecule has 0 unspecified atom stereocenters. The third-order valence-electron chi connectivity index (χ3n) is 3.94. The van der Waals surface area contributed by atoms with Gasteiger partial charge in [-0.05, 0) is 24.3 Å². The second kappa shape index (κ2) is 4.60. The Balaban J connectivity index is 1.56. The maximum absolute atomic E-state index is 8.95. The third kappa shape index (κ3) is 1.93. The fraction of sp³-hybridized carbons (Fsp3) is 0.188. The summed E-state index contributed by atoms with van der Waals surface area (Å²) in [6, 6.07) is 14.3. The second-order valence-corrected chi connectivity index (χ2v) is 5.21. The predicted molar refractivity (Wildman–Crippen MR) is 79.9 cm³/mol. The molecule has 0 atom stereocenters. The normalized spacial score (nSPS) is 14.9. The molecule has 5 nitrogen and oxygen atoms in total. The smallest absolute Gasteiger partial charge is 0.129 e. The molecule has 1 saturated heterocycles. The number of nitrogens with zero attached hydrogens (tertiary/aromatic N) is 5. The average molecular weight is 275 g/mol. The van der Waals surface area contributed by atoms with Crippen molar-refractivity contribution in [2.24, 2.45) is 0 Å². The summed E-state index contributed by atoms with van der Waals surface area (Å²) in [4.78, 5) is 11.0. The van der Waals surface area contributed by atoms with Gasteiger partial charge in [0, 0.05) is 19.3 Å². The van der Waals surface area contributed by atoms with Crippen molar-refractivity contribution >= 4 is 16.9 Å². The largest absolute Gasteiger partial charge is 0.352 e. The first-order valence-corrected chi connectivity index (χ1v) is 6.88. The lowest BCUT2D eigenvalue weighted by Gasteiger charge is -2.41. The lowest BCUT2D eigenvalue weighted by atomic mass is 10.1. The molecule has 3 heterocycles. The first-order chi connectivity index (χ1) is 10.3. The Morgan fingerprint density at radius 1 is 1.14 bits per heavy atom. The molecule has 3 aromatic rings. The molecule has 2 aromatic heterocycles. The van der Waals surface area contributed by atoms with E-state index in [1.165, 1.54) is 5.52 Å². The molecule has 0 saturated carbocycles. The van der Waals surface area contributed by atoms with Crippen molar-refractivity contribution in [1.82, 2.24) is 14.5 Å². The first-order valence-electron chi connectivity index (χ1n) is 6.88. The van der Waals surface area contributed by atoms with Crippen LogP contribution in [-0.2, 0) is 0 Å². The number of imidazole rings is 1. The maximum atomic E-state index is 8.95. The molecule has 1 aliphatic rings. The molecule has 0 bridgehead atoms. The van der Waals surface area contributed by atoms with E-state index in [0.29, 0.717) is 11.6 Å². The molecule has 0 amide bonds. The van der Waals surface area contributed by atoms with Crippen molar-refractivity contribution in [2.75, 3.05) is 18.0 Å². The summed E-state index contributed by atoms with van der Waals surface area (Å²) in [7, 11) is 0. The Hall–Kier alpha value is -2.87. The van der Waals surface area contributed by atoms with E-state index in [0.717, 1.165) is 24.4 Å². The topological polar surface area (TPSA) is 57.7 Å². The number of hydrogen-bond acceptors (Lipinski definition) is 4. The van der Waals surface area contributed by atoms with E-state index in [-0.39, 0.29) is 0 Å². The van der Waals surface area contributed by atoms with E-state index in [1.807, 2.05) is 30.6 Å². The van der Waals surface area contributed by atoms with Crippen LogP contribution in [0.5, 0.6) is 0 Å². The fourth-order valence-corrected chi connectivity index (χ4v) is 2.75. The highest BCUT2D eigenvalue weighted by molar-refractivity contribution is 5.75. The van der Waals surface area contributed by atoms with E-state index in [4.69, 9.17) is 5.26 Å². The minimum absolute atomic E-state index is 0.407. The van der Waals surface area contributed by atoms with Gasteiger partial charge in [0.1, 0.15) is 5.82 Å². The highest BCUT2D eigenvalue weighted by atomic mass is 15.3. The zero-order valence-electron chi connectivity index (χ0n) is 11.3. The number of rotatable bonds is 2. The van der Waals surface area contributed by atoms with E-state index < -0.39 is 0 Å². The van der Waals surface area contributed by atoms with Crippen LogP contribution < -0.4 is 4.90 Å². The van der Waals surface area contributed by atoms with E-state index in [2.05, 4.69) is 31.6 Å². The molecular formula is C16H13N5. The minimum Gasteiger partial charge on any atom is -0.352 e. The highest BCUT2D eigenvalue weighted by Crippen LogP contribution is 2.29. The zero-order valence-corrected chi connectivity index (χ0v) is 11.3. The van der Waals surface area contributed by atoms with Crippen molar-refractivity contribution in [3.05, 3.63) is 54.5 Å². The molecular weight excluding hydrogens is 262 g/mol. The van der Waals surface area contributed by atoms with Gasteiger partial charge in [-0.15, -0.1) is 0 Å². The number of aromatic nitrogens is 3. The second-order valence-electron chi connectivity index (χ2n) is 5.21. The van der Waals surface area contributed by atoms with Gasteiger partial charge in [-0.25, -0.2) is 9.97 Å². The summed E-state index contributed by atoms with van der Waals surface area (Å²) in [6.45, 7) is 1.78. The summed E-state index contributed by atoms with van der Waals surface area (Å²) in [5, 5.41) is 8.95. The van der Waals surface area contributed by atoms with Crippen LogP contribution in [-0.4, -0.2) is 27.6 Å². The number of para-hydroxylation sites is 2. The lowest BCUT2D eigenvalue weighted by Crippen LogP contribution is -2.48. The van der Waals surface area contributed by atoms with Crippen LogP contribution in [0.25, 0.3) is 11.0 Å². The van der Waals surface area contributed by atoms with Gasteiger partial charge >= 0.3 is 0 Å². The van der Waals surface area contributed by atoms with Gasteiger partial charge in [-0.3, -0.25) is 0 Å². The van der Waals surface area contributed by atoms with Crippen LogP contribution in [0.15, 0.2) is 48.9 Å². The molecule has 21 heavy (non-hydrogen) atoms. The molecule has 0 aliphatic carbocycles. The van der Waals surface area contributed by atoms with Crippen molar-refractivity contribution in [3.8, 4) is 6.07 Å². The molecule has 1 fully saturated rings. The van der Waals surface area contributed by atoms with Crippen molar-refractivity contribution in [2.45, 2.75) is 6.04 Å². The molecule has 102 valence electrons. The number of nitriles is 1.